The molecule has 0 spiro atoms. The molecule has 0 unspecified atom stereocenters. The van der Waals surface area contributed by atoms with Gasteiger partial charge in [-0.2, -0.15) is 0 Å². The van der Waals surface area contributed by atoms with Gasteiger partial charge in [0.15, 0.2) is 18.9 Å². The highest BCUT2D eigenvalue weighted by molar-refractivity contribution is 8.14. The summed E-state index contributed by atoms with van der Waals surface area (Å²) in [5, 5.41) is 10.7. The molecule has 12 nitrogen and oxygen atoms in total. The van der Waals surface area contributed by atoms with E-state index in [2.05, 4.69) is 10.1 Å². The Balaban J connectivity index is 1.71. The van der Waals surface area contributed by atoms with Crippen molar-refractivity contribution in [2.24, 2.45) is 0 Å². The molecule has 0 aliphatic carbocycles. The third-order valence-corrected chi connectivity index (χ3v) is 6.81. The van der Waals surface area contributed by atoms with Crippen molar-refractivity contribution in [3.8, 4) is 5.75 Å². The van der Waals surface area contributed by atoms with Crippen molar-refractivity contribution in [2.45, 2.75) is 28.7 Å². The summed E-state index contributed by atoms with van der Waals surface area (Å²) in [4.78, 5) is 64.0. The minimum absolute atomic E-state index is 0.170. The quantitative estimate of drug-likeness (QED) is 0.110. The van der Waals surface area contributed by atoms with E-state index in [1.54, 1.807) is 60.7 Å². The second kappa shape index (κ2) is 15.7. The average molecular weight is 676 g/mol. The molecule has 2 atom stereocenters. The number of hydrogen-bond acceptors (Lipinski definition) is 11. The van der Waals surface area contributed by atoms with E-state index < -0.39 is 75.5 Å². The van der Waals surface area contributed by atoms with E-state index in [0.29, 0.717) is 23.1 Å². The van der Waals surface area contributed by atoms with Crippen LogP contribution in [0, 0.1) is 0 Å². The molecule has 0 radical (unpaired) electrons. The van der Waals surface area contributed by atoms with Crippen LogP contribution in [-0.4, -0.2) is 74.1 Å². The molecule has 0 aromatic heterocycles. The van der Waals surface area contributed by atoms with Crippen molar-refractivity contribution in [3.63, 3.8) is 0 Å². The number of hydrogen-bond donors (Lipinski definition) is 2. The predicted octanol–water partition coefficient (Wildman–Crippen LogP) is 4.03. The van der Waals surface area contributed by atoms with E-state index in [1.165, 1.54) is 0 Å². The Morgan fingerprint density at radius 3 is 2.19 bits per heavy atom. The molecule has 43 heavy (non-hydrogen) atoms. The topological polar surface area (TPSA) is 158 Å². The van der Waals surface area contributed by atoms with Crippen LogP contribution in [0.3, 0.4) is 0 Å². The van der Waals surface area contributed by atoms with Crippen molar-refractivity contribution < 1.29 is 48.0 Å². The Labute approximate surface area is 265 Å². The average Bonchev–Trinajstić information content (AvgIpc) is 2.98. The summed E-state index contributed by atoms with van der Waals surface area (Å²) in [6.45, 7) is -0.958. The van der Waals surface area contributed by atoms with E-state index in [-0.39, 0.29) is 6.61 Å². The van der Waals surface area contributed by atoms with E-state index >= 15 is 0 Å². The van der Waals surface area contributed by atoms with Crippen LogP contribution in [0.1, 0.15) is 12.5 Å². The molecular weight excluding hydrogens is 651 g/mol. The molecule has 2 aromatic rings. The second-order valence-electron chi connectivity index (χ2n) is 8.67. The number of amides is 2. The summed E-state index contributed by atoms with van der Waals surface area (Å²) in [5.41, 5.74) is 0.101. The van der Waals surface area contributed by atoms with Gasteiger partial charge in [0.1, 0.15) is 36.1 Å². The van der Waals surface area contributed by atoms with Gasteiger partial charge >= 0.3 is 12.1 Å². The van der Waals surface area contributed by atoms with E-state index in [9.17, 15) is 29.1 Å². The van der Waals surface area contributed by atoms with Crippen LogP contribution < -0.4 is 10.1 Å². The van der Waals surface area contributed by atoms with Gasteiger partial charge in [-0.25, -0.2) is 9.59 Å². The number of halogens is 3. The monoisotopic (exact) mass is 674 g/mol. The van der Waals surface area contributed by atoms with Gasteiger partial charge in [0.25, 0.3) is 11.8 Å². The number of allylic oxidation sites excluding steroid dienone is 1. The van der Waals surface area contributed by atoms with Gasteiger partial charge in [-0.1, -0.05) is 95.1 Å². The molecule has 0 bridgehead atoms. The number of aliphatic hydroxyl groups excluding tert-OH is 1. The molecule has 230 valence electrons. The zero-order valence-electron chi connectivity index (χ0n) is 22.4. The van der Waals surface area contributed by atoms with E-state index in [0.717, 1.165) is 11.8 Å². The number of β-lactam (4-membered cyclic amide) rings is 1. The summed E-state index contributed by atoms with van der Waals surface area (Å²) in [5.74, 6) is -2.75. The first kappa shape index (κ1) is 33.8. The van der Waals surface area contributed by atoms with Crippen LogP contribution in [0.15, 0.2) is 72.1 Å². The van der Waals surface area contributed by atoms with Gasteiger partial charge < -0.3 is 29.4 Å². The summed E-state index contributed by atoms with van der Waals surface area (Å²) >= 11 is 17.0. The maximum atomic E-state index is 13.2. The molecule has 1 heterocycles. The third kappa shape index (κ3) is 10.5. The standard InChI is InChI=1S/C27H25Cl3N2O10S/c1-16(33)22(25(37)40-12-17-8-4-2-5-9-17)32-23(36)21(31-19(34)13-39-18-10-6-3-7-11-18)24(32)43-20(35)14-41-26(38)42-15-27(28,29)30/h2-11,21,24,33H,12-15H2,1H3,(H,31,34)/b22-16+/t21-,24-/m1/s1. The zero-order chi connectivity index (χ0) is 31.6. The van der Waals surface area contributed by atoms with Crippen molar-refractivity contribution >= 4 is 75.6 Å². The number of likely N-dealkylation sites (tertiary alicyclic amines) is 1. The third-order valence-electron chi connectivity index (χ3n) is 5.38. The highest BCUT2D eigenvalue weighted by atomic mass is 35.6. The summed E-state index contributed by atoms with van der Waals surface area (Å²) < 4.78 is 18.1. The number of carbonyl (C=O) groups excluding carboxylic acids is 5. The molecule has 2 amide bonds. The molecule has 2 N–H and O–H groups in total. The van der Waals surface area contributed by atoms with Crippen LogP contribution >= 0.6 is 46.6 Å². The van der Waals surface area contributed by atoms with Crippen LogP contribution in [0.2, 0.25) is 0 Å². The molecular formula is C27H25Cl3N2O10S. The van der Waals surface area contributed by atoms with Crippen molar-refractivity contribution in [2.75, 3.05) is 19.8 Å². The minimum atomic E-state index is -1.90. The highest BCUT2D eigenvalue weighted by Gasteiger charge is 2.53. The van der Waals surface area contributed by atoms with Gasteiger partial charge in [0.2, 0.25) is 8.91 Å². The summed E-state index contributed by atoms with van der Waals surface area (Å²) in [7, 11) is 0. The second-order valence-corrected chi connectivity index (χ2v) is 12.4. The molecule has 1 aliphatic rings. The smallest absolute Gasteiger partial charge is 0.508 e. The number of rotatable bonds is 12. The Morgan fingerprint density at radius 2 is 1.58 bits per heavy atom. The van der Waals surface area contributed by atoms with Crippen LogP contribution in [0.4, 0.5) is 4.79 Å². The number of nitrogens with zero attached hydrogens (tertiary/aromatic N) is 1. The Kier molecular flexibility index (Phi) is 12.4. The molecule has 3 rings (SSSR count). The summed E-state index contributed by atoms with van der Waals surface area (Å²) in [6, 6.07) is 15.7. The SMILES string of the molecule is C/C(O)=C(/C(=O)OCc1ccccc1)N1C(=O)[C@@H](NC(=O)COc2ccccc2)[C@H]1SC(=O)COC(=O)OCC(Cl)(Cl)Cl. The van der Waals surface area contributed by atoms with Crippen molar-refractivity contribution in [3.05, 3.63) is 77.7 Å². The number of esters is 1. The maximum Gasteiger partial charge on any atom is 0.508 e. The largest absolute Gasteiger partial charge is 0.510 e. The van der Waals surface area contributed by atoms with Crippen molar-refractivity contribution in [1.82, 2.24) is 10.2 Å². The number of nitrogens with one attached hydrogen (secondary N) is 1. The Hall–Kier alpha value is -3.65. The molecule has 1 fully saturated rings. The predicted molar refractivity (Wildman–Crippen MR) is 156 cm³/mol. The molecule has 16 heteroatoms. The first-order valence-electron chi connectivity index (χ1n) is 12.3. The van der Waals surface area contributed by atoms with E-state index in [1.807, 2.05) is 0 Å². The fourth-order valence-electron chi connectivity index (χ4n) is 3.52. The van der Waals surface area contributed by atoms with Gasteiger partial charge in [0, 0.05) is 0 Å². The first-order valence-corrected chi connectivity index (χ1v) is 14.3. The van der Waals surface area contributed by atoms with Crippen LogP contribution in [0.5, 0.6) is 5.75 Å². The minimum Gasteiger partial charge on any atom is -0.510 e. The normalized spacial score (nSPS) is 16.7. The lowest BCUT2D eigenvalue weighted by Crippen LogP contribution is -2.70. The summed E-state index contributed by atoms with van der Waals surface area (Å²) in [6.07, 6.45) is -1.30. The molecule has 2 aromatic carbocycles. The van der Waals surface area contributed by atoms with Crippen LogP contribution in [0.25, 0.3) is 0 Å². The number of benzene rings is 2. The van der Waals surface area contributed by atoms with Gasteiger partial charge in [-0.15, -0.1) is 0 Å². The number of ether oxygens (including phenoxy) is 4. The Bertz CT molecular complexity index is 1350. The van der Waals surface area contributed by atoms with Gasteiger partial charge in [0.05, 0.1) is 0 Å². The highest BCUT2D eigenvalue weighted by Crippen LogP contribution is 2.36. The number of aliphatic hydroxyl groups is 1. The number of carbonyl (C=O) groups is 5. The van der Waals surface area contributed by atoms with Gasteiger partial charge in [-0.3, -0.25) is 19.3 Å². The number of para-hydroxylation sites is 1. The fraction of sp³-hybridized carbons (Fsp3) is 0.296. The number of thioether (sulfide) groups is 1. The van der Waals surface area contributed by atoms with Gasteiger partial charge in [-0.05, 0) is 24.6 Å². The molecule has 1 saturated heterocycles. The lowest BCUT2D eigenvalue weighted by Gasteiger charge is -2.46. The lowest BCUT2D eigenvalue weighted by molar-refractivity contribution is -0.153. The zero-order valence-corrected chi connectivity index (χ0v) is 25.5. The maximum absolute atomic E-state index is 13.2. The lowest BCUT2D eigenvalue weighted by atomic mass is 10.1. The number of alkyl halides is 3. The van der Waals surface area contributed by atoms with E-state index in [4.69, 9.17) is 49.0 Å². The Morgan fingerprint density at radius 1 is 0.953 bits per heavy atom. The fourth-order valence-corrected chi connectivity index (χ4v) is 4.71. The van der Waals surface area contributed by atoms with Crippen LogP contribution in [-0.2, 0) is 40.0 Å². The molecule has 1 aliphatic heterocycles. The van der Waals surface area contributed by atoms with Crippen molar-refractivity contribution in [1.29, 1.82) is 0 Å². The molecule has 0 saturated carbocycles. The first-order chi connectivity index (χ1) is 20.4.